The van der Waals surface area contributed by atoms with Crippen molar-refractivity contribution < 1.29 is 24.7 Å². The maximum absolute atomic E-state index is 13.6. The molecule has 0 fully saturated rings. The van der Waals surface area contributed by atoms with Gasteiger partial charge < -0.3 is 20.9 Å². The molecule has 0 aliphatic carbocycles. The SMILES string of the molecule is [NH3+]CCc1c[nH]c2c(F)c(O)c(O)c(F)c12. The van der Waals surface area contributed by atoms with Gasteiger partial charge in [-0.1, -0.05) is 0 Å². The average molecular weight is 229 g/mol. The highest BCUT2D eigenvalue weighted by atomic mass is 19.1. The Kier molecular flexibility index (Phi) is 2.43. The van der Waals surface area contributed by atoms with Crippen molar-refractivity contribution in [1.29, 1.82) is 0 Å². The highest BCUT2D eigenvalue weighted by molar-refractivity contribution is 5.88. The molecule has 4 nitrogen and oxygen atoms in total. The van der Waals surface area contributed by atoms with Crippen LogP contribution in [0.25, 0.3) is 10.9 Å². The minimum absolute atomic E-state index is 0.0311. The highest BCUT2D eigenvalue weighted by Crippen LogP contribution is 2.38. The maximum atomic E-state index is 13.6. The fourth-order valence-corrected chi connectivity index (χ4v) is 1.72. The van der Waals surface area contributed by atoms with Gasteiger partial charge in [0.1, 0.15) is 0 Å². The van der Waals surface area contributed by atoms with Crippen molar-refractivity contribution in [1.82, 2.24) is 4.98 Å². The van der Waals surface area contributed by atoms with Gasteiger partial charge in [-0.15, -0.1) is 0 Å². The fraction of sp³-hybridized carbons (Fsp3) is 0.200. The molecule has 86 valence electrons. The van der Waals surface area contributed by atoms with Crippen LogP contribution >= 0.6 is 0 Å². The van der Waals surface area contributed by atoms with Crippen molar-refractivity contribution in [2.45, 2.75) is 6.42 Å². The first-order valence-electron chi connectivity index (χ1n) is 4.76. The molecule has 0 amide bonds. The number of benzene rings is 1. The van der Waals surface area contributed by atoms with Gasteiger partial charge in [0.15, 0.2) is 23.1 Å². The Morgan fingerprint density at radius 3 is 2.44 bits per heavy atom. The highest BCUT2D eigenvalue weighted by Gasteiger charge is 2.22. The van der Waals surface area contributed by atoms with E-state index in [0.29, 0.717) is 18.5 Å². The second-order valence-electron chi connectivity index (χ2n) is 3.49. The largest absolute Gasteiger partial charge is 0.502 e. The molecule has 6 N–H and O–H groups in total. The van der Waals surface area contributed by atoms with Crippen molar-refractivity contribution in [3.63, 3.8) is 0 Å². The number of aromatic amines is 1. The lowest BCUT2D eigenvalue weighted by Crippen LogP contribution is -2.51. The number of quaternary nitrogens is 1. The number of aromatic hydroxyl groups is 2. The molecule has 0 aliphatic heterocycles. The van der Waals surface area contributed by atoms with Crippen LogP contribution in [0.2, 0.25) is 0 Å². The minimum atomic E-state index is -1.08. The summed E-state index contributed by atoms with van der Waals surface area (Å²) in [5, 5.41) is 18.3. The fourth-order valence-electron chi connectivity index (χ4n) is 1.72. The number of hydrogen-bond acceptors (Lipinski definition) is 2. The summed E-state index contributed by atoms with van der Waals surface area (Å²) >= 11 is 0. The standard InChI is InChI=1S/C10H10F2N2O2/c11-6-5-4(1-2-13)3-14-8(5)7(12)10(16)9(6)15/h3,14-16H,1-2,13H2/p+1. The van der Waals surface area contributed by atoms with Gasteiger partial charge in [0.05, 0.1) is 12.1 Å². The first-order valence-corrected chi connectivity index (χ1v) is 4.76. The van der Waals surface area contributed by atoms with E-state index in [0.717, 1.165) is 0 Å². The smallest absolute Gasteiger partial charge is 0.199 e. The third kappa shape index (κ3) is 1.30. The number of nitrogens with one attached hydrogen (secondary N) is 1. The summed E-state index contributed by atoms with van der Waals surface area (Å²) in [4.78, 5) is 2.54. The first-order chi connectivity index (χ1) is 7.57. The molecule has 0 aliphatic rings. The normalized spacial score (nSPS) is 11.2. The van der Waals surface area contributed by atoms with Gasteiger partial charge in [-0.2, -0.15) is 0 Å². The number of aromatic nitrogens is 1. The lowest BCUT2D eigenvalue weighted by molar-refractivity contribution is -0.366. The topological polar surface area (TPSA) is 83.9 Å². The van der Waals surface area contributed by atoms with Gasteiger partial charge >= 0.3 is 0 Å². The van der Waals surface area contributed by atoms with Crippen LogP contribution in [-0.4, -0.2) is 21.7 Å². The van der Waals surface area contributed by atoms with Gasteiger partial charge in [0.2, 0.25) is 0 Å². The Hall–Kier alpha value is -1.82. The van der Waals surface area contributed by atoms with Crippen LogP contribution in [0.15, 0.2) is 6.20 Å². The van der Waals surface area contributed by atoms with Crippen LogP contribution in [0.4, 0.5) is 8.78 Å². The van der Waals surface area contributed by atoms with Gasteiger partial charge in [-0.05, 0) is 5.56 Å². The predicted octanol–water partition coefficient (Wildman–Crippen LogP) is 0.642. The number of hydrogen-bond donors (Lipinski definition) is 4. The number of phenols is 2. The molecule has 1 aromatic heterocycles. The third-order valence-electron chi connectivity index (χ3n) is 2.49. The van der Waals surface area contributed by atoms with E-state index >= 15 is 0 Å². The molecule has 0 atom stereocenters. The predicted molar refractivity (Wildman–Crippen MR) is 53.0 cm³/mol. The summed E-state index contributed by atoms with van der Waals surface area (Å²) in [5.41, 5.74) is 4.00. The molecule has 0 spiro atoms. The van der Waals surface area contributed by atoms with Gasteiger partial charge in [-0.25, -0.2) is 8.78 Å². The average Bonchev–Trinajstić information content (AvgIpc) is 2.68. The second kappa shape index (κ2) is 3.64. The molecule has 2 aromatic rings. The summed E-state index contributed by atoms with van der Waals surface area (Å²) in [6.07, 6.45) is 1.90. The molecule has 0 radical (unpaired) electrons. The summed E-state index contributed by atoms with van der Waals surface area (Å²) in [6.45, 7) is 0.523. The zero-order chi connectivity index (χ0) is 11.9. The van der Waals surface area contributed by atoms with Gasteiger partial charge in [0.25, 0.3) is 0 Å². The van der Waals surface area contributed by atoms with Crippen molar-refractivity contribution in [2.75, 3.05) is 6.54 Å². The van der Waals surface area contributed by atoms with E-state index in [9.17, 15) is 13.9 Å². The molecule has 1 heterocycles. The zero-order valence-corrected chi connectivity index (χ0v) is 8.35. The maximum Gasteiger partial charge on any atom is 0.199 e. The van der Waals surface area contributed by atoms with E-state index in [1.807, 2.05) is 0 Å². The monoisotopic (exact) mass is 229 g/mol. The molecular formula is C10H11F2N2O2+. The molecule has 16 heavy (non-hydrogen) atoms. The van der Waals surface area contributed by atoms with Crippen LogP contribution in [0, 0.1) is 11.6 Å². The number of halogens is 2. The number of phenolic OH excluding ortho intramolecular Hbond substituents is 2. The van der Waals surface area contributed by atoms with Crippen LogP contribution < -0.4 is 5.73 Å². The lowest BCUT2D eigenvalue weighted by Gasteiger charge is -2.04. The Morgan fingerprint density at radius 2 is 1.81 bits per heavy atom. The van der Waals surface area contributed by atoms with Crippen LogP contribution in [0.3, 0.4) is 0 Å². The van der Waals surface area contributed by atoms with Crippen LogP contribution in [-0.2, 0) is 6.42 Å². The number of rotatable bonds is 2. The van der Waals surface area contributed by atoms with Crippen molar-refractivity contribution >= 4 is 10.9 Å². The zero-order valence-electron chi connectivity index (χ0n) is 8.35. The minimum Gasteiger partial charge on any atom is -0.502 e. The Morgan fingerprint density at radius 1 is 1.19 bits per heavy atom. The van der Waals surface area contributed by atoms with Gasteiger partial charge in [0, 0.05) is 18.0 Å². The molecule has 2 rings (SSSR count). The van der Waals surface area contributed by atoms with Gasteiger partial charge in [-0.3, -0.25) is 0 Å². The second-order valence-corrected chi connectivity index (χ2v) is 3.49. The van der Waals surface area contributed by atoms with Crippen molar-refractivity contribution in [2.24, 2.45) is 0 Å². The van der Waals surface area contributed by atoms with E-state index < -0.39 is 23.1 Å². The quantitative estimate of drug-likeness (QED) is 0.570. The van der Waals surface area contributed by atoms with E-state index in [2.05, 4.69) is 10.7 Å². The van der Waals surface area contributed by atoms with E-state index in [4.69, 9.17) is 5.11 Å². The molecule has 0 saturated carbocycles. The van der Waals surface area contributed by atoms with Crippen molar-refractivity contribution in [3.8, 4) is 11.5 Å². The molecule has 0 saturated heterocycles. The van der Waals surface area contributed by atoms with E-state index in [1.165, 1.54) is 6.20 Å². The third-order valence-corrected chi connectivity index (χ3v) is 2.49. The molecule has 0 bridgehead atoms. The summed E-state index contributed by atoms with van der Waals surface area (Å²) < 4.78 is 27.1. The molecular weight excluding hydrogens is 218 g/mol. The molecule has 1 aromatic carbocycles. The van der Waals surface area contributed by atoms with E-state index in [1.54, 1.807) is 0 Å². The summed E-state index contributed by atoms with van der Waals surface area (Å²) in [5.74, 6) is -4.20. The number of fused-ring (bicyclic) bond motifs is 1. The van der Waals surface area contributed by atoms with Crippen LogP contribution in [0.5, 0.6) is 11.5 Å². The Labute approximate surface area is 89.3 Å². The Bertz CT molecular complexity index is 551. The summed E-state index contributed by atoms with van der Waals surface area (Å²) in [6, 6.07) is 0. The Balaban J connectivity index is 2.83. The molecule has 6 heteroatoms. The first kappa shape index (κ1) is 10.7. The van der Waals surface area contributed by atoms with E-state index in [-0.39, 0.29) is 10.9 Å². The lowest BCUT2D eigenvalue weighted by atomic mass is 10.1. The van der Waals surface area contributed by atoms with Crippen LogP contribution in [0.1, 0.15) is 5.56 Å². The molecule has 0 unspecified atom stereocenters. The summed E-state index contributed by atoms with van der Waals surface area (Å²) in [7, 11) is 0. The number of H-pyrrole nitrogens is 1. The van der Waals surface area contributed by atoms with Crippen molar-refractivity contribution in [3.05, 3.63) is 23.4 Å².